The van der Waals surface area contributed by atoms with Crippen LogP contribution in [0.3, 0.4) is 0 Å². The second-order valence-corrected chi connectivity index (χ2v) is 9.27. The lowest BCUT2D eigenvalue weighted by atomic mass is 9.70. The highest BCUT2D eigenvalue weighted by atomic mass is 19.1. The van der Waals surface area contributed by atoms with E-state index in [9.17, 15) is 8.78 Å². The average molecular weight is 425 g/mol. The maximum atomic E-state index is 14.1. The fourth-order valence-electron chi connectivity index (χ4n) is 5.59. The lowest BCUT2D eigenvalue weighted by Gasteiger charge is -2.35. The molecule has 0 bridgehead atoms. The summed E-state index contributed by atoms with van der Waals surface area (Å²) in [6, 6.07) is 14.2. The van der Waals surface area contributed by atoms with Gasteiger partial charge in [0.1, 0.15) is 0 Å². The number of hydrogen-bond acceptors (Lipinski definition) is 1. The molecule has 0 saturated heterocycles. The summed E-state index contributed by atoms with van der Waals surface area (Å²) in [5.41, 5.74) is 5.37. The molecule has 1 saturated carbocycles. The van der Waals surface area contributed by atoms with E-state index in [1.165, 1.54) is 61.3 Å². The van der Waals surface area contributed by atoms with Gasteiger partial charge in [0.25, 0.3) is 0 Å². The standard InChI is InChI=1S/C28H34F2O/c1-2-3-20-4-6-21(7-5-20)22-8-10-23(11-9-22)24-12-14-25(15-13-24)26-16-17-28(31-19-29)27(30)18-26/h4-8,16-18,23-25H,2-3,9-15,19H2,1H3. The highest BCUT2D eigenvalue weighted by molar-refractivity contribution is 5.66. The van der Waals surface area contributed by atoms with Crippen molar-refractivity contribution in [1.29, 1.82) is 0 Å². The molecule has 0 N–H and O–H groups in total. The van der Waals surface area contributed by atoms with E-state index < -0.39 is 12.7 Å². The Balaban J connectivity index is 1.30. The number of hydrogen-bond donors (Lipinski definition) is 0. The summed E-state index contributed by atoms with van der Waals surface area (Å²) in [6.07, 6.45) is 13.1. The molecule has 4 rings (SSSR count). The Bertz CT molecular complexity index is 878. The second kappa shape index (κ2) is 10.4. The van der Waals surface area contributed by atoms with E-state index in [0.29, 0.717) is 5.92 Å². The summed E-state index contributed by atoms with van der Waals surface area (Å²) >= 11 is 0. The first-order chi connectivity index (χ1) is 15.2. The first kappa shape index (κ1) is 22.0. The summed E-state index contributed by atoms with van der Waals surface area (Å²) in [4.78, 5) is 0. The number of alkyl halides is 1. The molecule has 1 fully saturated rings. The molecule has 2 aliphatic carbocycles. The maximum absolute atomic E-state index is 14.1. The molecule has 1 nitrogen and oxygen atoms in total. The third-order valence-corrected chi connectivity index (χ3v) is 7.39. The lowest BCUT2D eigenvalue weighted by Crippen LogP contribution is -2.22. The van der Waals surface area contributed by atoms with Crippen molar-refractivity contribution in [3.05, 3.63) is 71.0 Å². The average Bonchev–Trinajstić information content (AvgIpc) is 2.82. The van der Waals surface area contributed by atoms with Gasteiger partial charge < -0.3 is 4.74 Å². The zero-order valence-electron chi connectivity index (χ0n) is 18.6. The summed E-state index contributed by atoms with van der Waals surface area (Å²) in [5.74, 6) is 1.51. The minimum atomic E-state index is -0.997. The Morgan fingerprint density at radius 3 is 2.32 bits per heavy atom. The van der Waals surface area contributed by atoms with Crippen LogP contribution in [0.25, 0.3) is 5.57 Å². The number of rotatable bonds is 7. The number of ether oxygens (including phenoxy) is 1. The van der Waals surface area contributed by atoms with Gasteiger partial charge in [-0.05, 0) is 104 Å². The molecule has 0 aromatic heterocycles. The van der Waals surface area contributed by atoms with Gasteiger partial charge in [-0.25, -0.2) is 8.78 Å². The van der Waals surface area contributed by atoms with E-state index in [1.54, 1.807) is 6.07 Å². The zero-order valence-corrected chi connectivity index (χ0v) is 18.6. The normalized spacial score (nSPS) is 24.0. The molecule has 3 heteroatoms. The zero-order chi connectivity index (χ0) is 21.6. The van der Waals surface area contributed by atoms with Gasteiger partial charge in [-0.3, -0.25) is 0 Å². The van der Waals surface area contributed by atoms with Crippen molar-refractivity contribution in [2.75, 3.05) is 6.86 Å². The quantitative estimate of drug-likeness (QED) is 0.435. The molecule has 0 radical (unpaired) electrons. The van der Waals surface area contributed by atoms with Crippen LogP contribution >= 0.6 is 0 Å². The molecular weight excluding hydrogens is 390 g/mol. The van der Waals surface area contributed by atoms with Crippen LogP contribution in [0.5, 0.6) is 5.75 Å². The Morgan fingerprint density at radius 1 is 0.935 bits per heavy atom. The van der Waals surface area contributed by atoms with Crippen molar-refractivity contribution in [2.45, 2.75) is 70.6 Å². The SMILES string of the molecule is CCCc1ccc(C2=CCC(C3CCC(c4ccc(OCF)c(F)c4)CC3)CC2)cc1. The van der Waals surface area contributed by atoms with Crippen molar-refractivity contribution in [1.82, 2.24) is 0 Å². The number of aryl methyl sites for hydroxylation is 1. The highest BCUT2D eigenvalue weighted by Gasteiger charge is 2.29. The van der Waals surface area contributed by atoms with E-state index in [-0.39, 0.29) is 5.75 Å². The molecule has 0 heterocycles. The molecule has 2 aromatic rings. The summed E-state index contributed by atoms with van der Waals surface area (Å²) in [7, 11) is 0. The third-order valence-electron chi connectivity index (χ3n) is 7.39. The summed E-state index contributed by atoms with van der Waals surface area (Å²) in [5, 5.41) is 0. The van der Waals surface area contributed by atoms with Gasteiger partial charge in [-0.1, -0.05) is 49.8 Å². The van der Waals surface area contributed by atoms with E-state index in [2.05, 4.69) is 42.0 Å². The van der Waals surface area contributed by atoms with E-state index in [1.807, 2.05) is 6.07 Å². The van der Waals surface area contributed by atoms with Crippen molar-refractivity contribution < 1.29 is 13.5 Å². The predicted octanol–water partition coefficient (Wildman–Crippen LogP) is 8.24. The molecule has 2 aromatic carbocycles. The van der Waals surface area contributed by atoms with Gasteiger partial charge in [0.2, 0.25) is 6.86 Å². The Kier molecular flexibility index (Phi) is 7.42. The van der Waals surface area contributed by atoms with Crippen molar-refractivity contribution in [2.24, 2.45) is 11.8 Å². The Hall–Kier alpha value is -2.16. The Morgan fingerprint density at radius 2 is 1.71 bits per heavy atom. The van der Waals surface area contributed by atoms with Crippen molar-refractivity contribution in [3.8, 4) is 5.75 Å². The molecule has 1 atom stereocenters. The van der Waals surface area contributed by atoms with Crippen molar-refractivity contribution in [3.63, 3.8) is 0 Å². The van der Waals surface area contributed by atoms with Gasteiger partial charge in [0.05, 0.1) is 0 Å². The van der Waals surface area contributed by atoms with E-state index >= 15 is 0 Å². The third kappa shape index (κ3) is 5.37. The van der Waals surface area contributed by atoms with Crippen LogP contribution in [0.1, 0.15) is 80.9 Å². The van der Waals surface area contributed by atoms with Crippen LogP contribution in [-0.2, 0) is 6.42 Å². The first-order valence-corrected chi connectivity index (χ1v) is 11.9. The van der Waals surface area contributed by atoms with Gasteiger partial charge >= 0.3 is 0 Å². The maximum Gasteiger partial charge on any atom is 0.228 e. The largest absolute Gasteiger partial charge is 0.460 e. The molecule has 1 unspecified atom stereocenters. The topological polar surface area (TPSA) is 9.23 Å². The van der Waals surface area contributed by atoms with Gasteiger partial charge in [0, 0.05) is 0 Å². The number of halogens is 2. The van der Waals surface area contributed by atoms with Gasteiger partial charge in [0.15, 0.2) is 11.6 Å². The highest BCUT2D eigenvalue weighted by Crippen LogP contribution is 2.44. The molecular formula is C28H34F2O. The molecule has 31 heavy (non-hydrogen) atoms. The predicted molar refractivity (Wildman–Crippen MR) is 123 cm³/mol. The fraction of sp³-hybridized carbons (Fsp3) is 0.500. The smallest absolute Gasteiger partial charge is 0.228 e. The summed E-state index contributed by atoms with van der Waals surface area (Å²) in [6.45, 7) is 1.23. The molecule has 0 amide bonds. The van der Waals surface area contributed by atoms with Crippen LogP contribution in [0.2, 0.25) is 0 Å². The van der Waals surface area contributed by atoms with Crippen LogP contribution in [0, 0.1) is 17.7 Å². The number of benzene rings is 2. The van der Waals surface area contributed by atoms with E-state index in [0.717, 1.165) is 36.7 Å². The minimum absolute atomic E-state index is 0.00439. The summed E-state index contributed by atoms with van der Waals surface area (Å²) < 4.78 is 31.1. The minimum Gasteiger partial charge on any atom is -0.460 e. The first-order valence-electron chi connectivity index (χ1n) is 11.9. The number of allylic oxidation sites excluding steroid dienone is 2. The molecule has 2 aliphatic rings. The second-order valence-electron chi connectivity index (χ2n) is 9.27. The monoisotopic (exact) mass is 424 g/mol. The molecule has 0 aliphatic heterocycles. The Labute approximate surface area is 185 Å². The van der Waals surface area contributed by atoms with E-state index in [4.69, 9.17) is 0 Å². The lowest BCUT2D eigenvalue weighted by molar-refractivity contribution is 0.184. The van der Waals surface area contributed by atoms with Gasteiger partial charge in [-0.2, -0.15) is 0 Å². The molecule has 0 spiro atoms. The fourth-order valence-corrected chi connectivity index (χ4v) is 5.59. The van der Waals surface area contributed by atoms with Crippen LogP contribution in [0.4, 0.5) is 8.78 Å². The van der Waals surface area contributed by atoms with Crippen LogP contribution in [-0.4, -0.2) is 6.86 Å². The van der Waals surface area contributed by atoms with Crippen LogP contribution in [0.15, 0.2) is 48.5 Å². The molecule has 166 valence electrons. The van der Waals surface area contributed by atoms with Crippen molar-refractivity contribution >= 4 is 5.57 Å². The van der Waals surface area contributed by atoms with Crippen LogP contribution < -0.4 is 4.74 Å². The van der Waals surface area contributed by atoms with Gasteiger partial charge in [-0.15, -0.1) is 0 Å².